The third kappa shape index (κ3) is 4.37. The summed E-state index contributed by atoms with van der Waals surface area (Å²) >= 11 is 3.14. The van der Waals surface area contributed by atoms with Crippen LogP contribution in [0.5, 0.6) is 0 Å². The van der Waals surface area contributed by atoms with E-state index in [0.29, 0.717) is 13.0 Å². The van der Waals surface area contributed by atoms with Gasteiger partial charge in [0, 0.05) is 30.0 Å². The highest BCUT2D eigenvalue weighted by molar-refractivity contribution is 8.22. The average molecular weight is 497 g/mol. The molecule has 4 fully saturated rings. The number of amides is 5. The van der Waals surface area contributed by atoms with E-state index in [1.807, 2.05) is 27.7 Å². The molecule has 0 bridgehead atoms. The number of imide groups is 1. The molecule has 4 rings (SSSR count). The van der Waals surface area contributed by atoms with Gasteiger partial charge in [0.2, 0.25) is 11.8 Å². The normalized spacial score (nSPS) is 27.6. The van der Waals surface area contributed by atoms with Crippen molar-refractivity contribution in [1.29, 1.82) is 0 Å². The minimum Gasteiger partial charge on any atom is -0.335 e. The van der Waals surface area contributed by atoms with Crippen molar-refractivity contribution in [3.05, 3.63) is 0 Å². The topological polar surface area (TPSA) is 98.8 Å². The minimum atomic E-state index is -0.824. The van der Waals surface area contributed by atoms with Crippen molar-refractivity contribution in [2.24, 2.45) is 11.8 Å². The SMILES string of the molecule is CC(C)C(=O)N1C(=O)C2(SCCS2)[C@@H]2[C@@H]1CCN2C(=O)[C@@H](NC(=O)NC1CCCC1)C(C)C. The number of hydrogen-bond donors (Lipinski definition) is 2. The van der Waals surface area contributed by atoms with Gasteiger partial charge in [0.25, 0.3) is 5.91 Å². The van der Waals surface area contributed by atoms with E-state index in [9.17, 15) is 19.2 Å². The summed E-state index contributed by atoms with van der Waals surface area (Å²) < 4.78 is -0.824. The number of urea groups is 1. The maximum atomic E-state index is 13.8. The lowest BCUT2D eigenvalue weighted by Crippen LogP contribution is -2.58. The van der Waals surface area contributed by atoms with E-state index in [1.54, 1.807) is 28.4 Å². The molecule has 3 heterocycles. The smallest absolute Gasteiger partial charge is 0.315 e. The Morgan fingerprint density at radius 1 is 1.00 bits per heavy atom. The quantitative estimate of drug-likeness (QED) is 0.607. The molecule has 10 heteroatoms. The second kappa shape index (κ2) is 9.68. The Bertz CT molecular complexity index is 808. The van der Waals surface area contributed by atoms with Crippen LogP contribution in [0.4, 0.5) is 4.79 Å². The Morgan fingerprint density at radius 2 is 1.64 bits per heavy atom. The van der Waals surface area contributed by atoms with Gasteiger partial charge in [0.1, 0.15) is 6.04 Å². The largest absolute Gasteiger partial charge is 0.335 e. The van der Waals surface area contributed by atoms with Crippen molar-refractivity contribution in [2.45, 2.75) is 88.0 Å². The number of nitrogens with one attached hydrogen (secondary N) is 2. The van der Waals surface area contributed by atoms with Crippen molar-refractivity contribution < 1.29 is 19.2 Å². The third-order valence-electron chi connectivity index (χ3n) is 7.24. The van der Waals surface area contributed by atoms with Crippen LogP contribution in [-0.4, -0.2) is 79.8 Å². The summed E-state index contributed by atoms with van der Waals surface area (Å²) in [6, 6.07) is -1.47. The molecule has 3 saturated heterocycles. The minimum absolute atomic E-state index is 0.101. The molecule has 1 spiro atoms. The molecular weight excluding hydrogens is 460 g/mol. The lowest BCUT2D eigenvalue weighted by Gasteiger charge is -2.36. The predicted octanol–water partition coefficient (Wildman–Crippen LogP) is 2.42. The summed E-state index contributed by atoms with van der Waals surface area (Å²) in [5.74, 6) is 0.782. The number of carbonyl (C=O) groups is 4. The Kier molecular flexibility index (Phi) is 7.24. The first-order chi connectivity index (χ1) is 15.7. The Hall–Kier alpha value is -1.42. The number of rotatable bonds is 5. The van der Waals surface area contributed by atoms with Crippen molar-refractivity contribution in [2.75, 3.05) is 18.1 Å². The van der Waals surface area contributed by atoms with E-state index < -0.39 is 10.1 Å². The number of thioether (sulfide) groups is 2. The van der Waals surface area contributed by atoms with Crippen molar-refractivity contribution in [3.63, 3.8) is 0 Å². The van der Waals surface area contributed by atoms with Gasteiger partial charge in [-0.15, -0.1) is 23.5 Å². The van der Waals surface area contributed by atoms with Gasteiger partial charge in [-0.25, -0.2) is 4.79 Å². The molecule has 0 aromatic heterocycles. The lowest BCUT2D eigenvalue weighted by atomic mass is 10.0. The van der Waals surface area contributed by atoms with Crippen molar-refractivity contribution in [3.8, 4) is 0 Å². The van der Waals surface area contributed by atoms with Crippen molar-refractivity contribution >= 4 is 47.3 Å². The Morgan fingerprint density at radius 3 is 2.21 bits per heavy atom. The van der Waals surface area contributed by atoms with Crippen LogP contribution in [0.3, 0.4) is 0 Å². The van der Waals surface area contributed by atoms with E-state index in [2.05, 4.69) is 10.6 Å². The third-order valence-corrected chi connectivity index (χ3v) is 10.7. The monoisotopic (exact) mass is 496 g/mol. The molecule has 0 aromatic carbocycles. The van der Waals surface area contributed by atoms with Crippen LogP contribution in [0.2, 0.25) is 0 Å². The summed E-state index contributed by atoms with van der Waals surface area (Å²) in [4.78, 5) is 56.3. The van der Waals surface area contributed by atoms with Gasteiger partial charge in [-0.3, -0.25) is 19.3 Å². The standard InChI is InChI=1S/C23H36N4O4S2/c1-13(2)17(25-22(31)24-15-7-5-6-8-15)20(29)26-10-9-16-18(26)23(32-11-12-33-23)21(30)27(16)19(28)14(3)4/h13-18H,5-12H2,1-4H3,(H2,24,25,31)/t16-,17-,18-/m0/s1. The zero-order valence-electron chi connectivity index (χ0n) is 20.0. The molecule has 4 aliphatic rings. The van der Waals surface area contributed by atoms with E-state index in [1.165, 1.54) is 4.90 Å². The summed E-state index contributed by atoms with van der Waals surface area (Å²) in [5, 5.41) is 5.93. The highest BCUT2D eigenvalue weighted by Gasteiger charge is 2.67. The molecule has 1 saturated carbocycles. The van der Waals surface area contributed by atoms with Gasteiger partial charge < -0.3 is 15.5 Å². The Labute approximate surface area is 204 Å². The molecule has 0 unspecified atom stereocenters. The van der Waals surface area contributed by atoms with E-state index in [4.69, 9.17) is 0 Å². The molecule has 2 N–H and O–H groups in total. The van der Waals surface area contributed by atoms with Gasteiger partial charge >= 0.3 is 6.03 Å². The summed E-state index contributed by atoms with van der Waals surface area (Å²) in [6.45, 7) is 7.96. The second-order valence-electron chi connectivity index (χ2n) is 10.2. The molecule has 33 heavy (non-hydrogen) atoms. The van der Waals surface area contributed by atoms with Crippen LogP contribution in [0.1, 0.15) is 59.8 Å². The number of likely N-dealkylation sites (tertiary alicyclic amines) is 2. The molecule has 184 valence electrons. The highest BCUT2D eigenvalue weighted by atomic mass is 32.2. The molecular formula is C23H36N4O4S2. The van der Waals surface area contributed by atoms with Crippen LogP contribution >= 0.6 is 23.5 Å². The molecule has 8 nitrogen and oxygen atoms in total. The van der Waals surface area contributed by atoms with Crippen molar-refractivity contribution in [1.82, 2.24) is 20.4 Å². The van der Waals surface area contributed by atoms with Gasteiger partial charge in [-0.2, -0.15) is 0 Å². The first-order valence-corrected chi connectivity index (χ1v) is 14.2. The molecule has 5 amide bonds. The predicted molar refractivity (Wildman–Crippen MR) is 131 cm³/mol. The fraction of sp³-hybridized carbons (Fsp3) is 0.826. The number of hydrogen-bond acceptors (Lipinski definition) is 6. The van der Waals surface area contributed by atoms with Gasteiger partial charge in [-0.05, 0) is 25.2 Å². The van der Waals surface area contributed by atoms with Crippen LogP contribution in [0.25, 0.3) is 0 Å². The van der Waals surface area contributed by atoms with Crippen LogP contribution in [0, 0.1) is 11.8 Å². The second-order valence-corrected chi connectivity index (χ2v) is 13.1. The van der Waals surface area contributed by atoms with Crippen LogP contribution < -0.4 is 10.6 Å². The van der Waals surface area contributed by atoms with Crippen LogP contribution in [-0.2, 0) is 14.4 Å². The summed E-state index contributed by atoms with van der Waals surface area (Å²) in [5.41, 5.74) is 0. The first kappa shape index (κ1) is 24.7. The summed E-state index contributed by atoms with van der Waals surface area (Å²) in [7, 11) is 0. The highest BCUT2D eigenvalue weighted by Crippen LogP contribution is 2.56. The van der Waals surface area contributed by atoms with Gasteiger partial charge in [-0.1, -0.05) is 40.5 Å². The number of nitrogens with zero attached hydrogens (tertiary/aromatic N) is 2. The van der Waals surface area contributed by atoms with E-state index in [0.717, 1.165) is 37.2 Å². The molecule has 3 atom stereocenters. The molecule has 0 aromatic rings. The zero-order valence-corrected chi connectivity index (χ0v) is 21.6. The fourth-order valence-corrected chi connectivity index (χ4v) is 9.05. The molecule has 0 radical (unpaired) electrons. The van der Waals surface area contributed by atoms with Gasteiger partial charge in [0.15, 0.2) is 4.08 Å². The van der Waals surface area contributed by atoms with E-state index in [-0.39, 0.29) is 53.7 Å². The maximum Gasteiger partial charge on any atom is 0.315 e. The lowest BCUT2D eigenvalue weighted by molar-refractivity contribution is -0.146. The average Bonchev–Trinajstić information content (AvgIpc) is 3.54. The maximum absolute atomic E-state index is 13.8. The number of carbonyl (C=O) groups excluding carboxylic acids is 4. The van der Waals surface area contributed by atoms with Crippen LogP contribution in [0.15, 0.2) is 0 Å². The zero-order chi connectivity index (χ0) is 23.9. The molecule has 3 aliphatic heterocycles. The fourth-order valence-electron chi connectivity index (χ4n) is 5.59. The summed E-state index contributed by atoms with van der Waals surface area (Å²) in [6.07, 6.45) is 4.77. The Balaban J connectivity index is 1.56. The first-order valence-electron chi connectivity index (χ1n) is 12.2. The number of fused-ring (bicyclic) bond motifs is 2. The van der Waals surface area contributed by atoms with Gasteiger partial charge in [0.05, 0.1) is 12.1 Å². The van der Waals surface area contributed by atoms with E-state index >= 15 is 0 Å². The molecule has 1 aliphatic carbocycles.